The lowest BCUT2D eigenvalue weighted by Crippen LogP contribution is -2.30. The van der Waals surface area contributed by atoms with E-state index < -0.39 is 0 Å². The minimum absolute atomic E-state index is 0.170. The zero-order chi connectivity index (χ0) is 10.8. The lowest BCUT2D eigenvalue weighted by molar-refractivity contribution is -0.527. The summed E-state index contributed by atoms with van der Waals surface area (Å²) in [4.78, 5) is 15.8. The van der Waals surface area contributed by atoms with Gasteiger partial charge in [-0.1, -0.05) is 0 Å². The van der Waals surface area contributed by atoms with Crippen LogP contribution in [-0.4, -0.2) is 63.3 Å². The number of hydrogen-bond acceptors (Lipinski definition) is 7. The number of hydrogen-bond donors (Lipinski definition) is 0. The molecule has 0 amide bonds. The van der Waals surface area contributed by atoms with E-state index in [1.165, 1.54) is 0 Å². The first-order valence-corrected chi connectivity index (χ1v) is 5.44. The fourth-order valence-electron chi connectivity index (χ4n) is 1.04. The predicted octanol–water partition coefficient (Wildman–Crippen LogP) is -0.720. The molecule has 0 N–H and O–H groups in total. The summed E-state index contributed by atoms with van der Waals surface area (Å²) >= 11 is 0. The van der Waals surface area contributed by atoms with Crippen LogP contribution in [0.1, 0.15) is 0 Å². The average Bonchev–Trinajstić information content (AvgIpc) is 3.15. The van der Waals surface area contributed by atoms with Gasteiger partial charge in [-0.2, -0.15) is 0 Å². The van der Waals surface area contributed by atoms with Crippen molar-refractivity contribution in [2.75, 3.05) is 39.6 Å². The minimum Gasteiger partial charge on any atom is -0.371 e. The molecule has 3 aliphatic rings. The van der Waals surface area contributed by atoms with E-state index in [1.54, 1.807) is 0 Å². The second-order valence-corrected chi connectivity index (χ2v) is 3.98. The number of ether oxygens (including phenoxy) is 3. The molecule has 0 aliphatic carbocycles. The van der Waals surface area contributed by atoms with Crippen molar-refractivity contribution in [3.63, 3.8) is 0 Å². The highest BCUT2D eigenvalue weighted by atomic mass is 17.2. The summed E-state index contributed by atoms with van der Waals surface area (Å²) in [5.74, 6) is 0. The average molecular weight is 233 g/mol. The lowest BCUT2D eigenvalue weighted by atomic mass is 10.5. The summed E-state index contributed by atoms with van der Waals surface area (Å²) < 4.78 is 15.1. The standard InChI is InChI=1S/C9H15NO6/c1-7(11-1)4-14-10(15-5-8-2-12-8)16-6-9-3-13-9/h7-9H,1-6H2. The third-order valence-corrected chi connectivity index (χ3v) is 2.30. The van der Waals surface area contributed by atoms with Crippen LogP contribution in [0, 0.1) is 0 Å². The van der Waals surface area contributed by atoms with Crippen molar-refractivity contribution in [1.82, 2.24) is 5.39 Å². The monoisotopic (exact) mass is 233 g/mol. The van der Waals surface area contributed by atoms with Crippen LogP contribution in [0.15, 0.2) is 0 Å². The van der Waals surface area contributed by atoms with Crippen molar-refractivity contribution in [3.05, 3.63) is 0 Å². The third-order valence-electron chi connectivity index (χ3n) is 2.30. The van der Waals surface area contributed by atoms with Crippen molar-refractivity contribution in [3.8, 4) is 0 Å². The molecular weight excluding hydrogens is 218 g/mol. The van der Waals surface area contributed by atoms with Gasteiger partial charge >= 0.3 is 0 Å². The first kappa shape index (κ1) is 10.8. The van der Waals surface area contributed by atoms with Gasteiger partial charge in [0, 0.05) is 0 Å². The maximum atomic E-state index is 5.28. The molecule has 0 saturated carbocycles. The highest BCUT2D eigenvalue weighted by Gasteiger charge is 2.29. The van der Waals surface area contributed by atoms with Crippen LogP contribution in [0.3, 0.4) is 0 Å². The Kier molecular flexibility index (Phi) is 3.34. The Morgan fingerprint density at radius 2 is 1.06 bits per heavy atom. The predicted molar refractivity (Wildman–Crippen MR) is 48.9 cm³/mol. The van der Waals surface area contributed by atoms with Crippen molar-refractivity contribution in [2.45, 2.75) is 18.3 Å². The molecule has 0 aromatic carbocycles. The molecule has 3 fully saturated rings. The molecule has 3 aliphatic heterocycles. The molecule has 7 heteroatoms. The van der Waals surface area contributed by atoms with Gasteiger partial charge in [-0.3, -0.25) is 0 Å². The third kappa shape index (κ3) is 3.95. The molecule has 92 valence electrons. The molecule has 3 heterocycles. The van der Waals surface area contributed by atoms with E-state index in [4.69, 9.17) is 28.7 Å². The molecule has 0 aromatic rings. The van der Waals surface area contributed by atoms with Gasteiger partial charge in [-0.05, 0) is 0 Å². The van der Waals surface area contributed by atoms with Crippen LogP contribution in [0.2, 0.25) is 0 Å². The Morgan fingerprint density at radius 1 is 0.750 bits per heavy atom. The van der Waals surface area contributed by atoms with E-state index in [-0.39, 0.29) is 18.3 Å². The molecule has 16 heavy (non-hydrogen) atoms. The van der Waals surface area contributed by atoms with E-state index in [9.17, 15) is 0 Å². The molecule has 3 rings (SSSR count). The Labute approximate surface area is 92.9 Å². The summed E-state index contributed by atoms with van der Waals surface area (Å²) in [6.07, 6.45) is 0.511. The summed E-state index contributed by atoms with van der Waals surface area (Å²) in [7, 11) is 0. The summed E-state index contributed by atoms with van der Waals surface area (Å²) in [5, 5.41) is 1.05. The van der Waals surface area contributed by atoms with E-state index in [1.807, 2.05) is 0 Å². The normalized spacial score (nSPS) is 35.4. The number of rotatable bonds is 9. The lowest BCUT2D eigenvalue weighted by Gasteiger charge is -2.18. The van der Waals surface area contributed by atoms with Gasteiger partial charge in [-0.25, -0.2) is 14.5 Å². The highest BCUT2D eigenvalue weighted by Crippen LogP contribution is 2.15. The van der Waals surface area contributed by atoms with E-state index in [0.29, 0.717) is 19.8 Å². The Balaban J connectivity index is 1.33. The minimum atomic E-state index is 0.170. The SMILES string of the molecule is C1OC1CON(OCC1CO1)OCC1CO1. The van der Waals surface area contributed by atoms with Gasteiger partial charge in [0.1, 0.15) is 38.1 Å². The summed E-state index contributed by atoms with van der Waals surface area (Å²) in [5.41, 5.74) is 0. The van der Waals surface area contributed by atoms with Gasteiger partial charge in [0.25, 0.3) is 0 Å². The molecule has 0 radical (unpaired) electrons. The smallest absolute Gasteiger partial charge is 0.106 e. The second-order valence-electron chi connectivity index (χ2n) is 3.98. The molecule has 3 saturated heterocycles. The molecule has 7 nitrogen and oxygen atoms in total. The largest absolute Gasteiger partial charge is 0.371 e. The van der Waals surface area contributed by atoms with Crippen LogP contribution >= 0.6 is 0 Å². The fourth-order valence-corrected chi connectivity index (χ4v) is 1.04. The molecule has 3 unspecified atom stereocenters. The second kappa shape index (κ2) is 4.92. The van der Waals surface area contributed by atoms with E-state index in [2.05, 4.69) is 0 Å². The van der Waals surface area contributed by atoms with Crippen molar-refractivity contribution in [2.24, 2.45) is 0 Å². The van der Waals surface area contributed by atoms with E-state index in [0.717, 1.165) is 25.2 Å². The molecule has 0 spiro atoms. The Hall–Kier alpha value is -0.280. The number of nitrogens with zero attached hydrogens (tertiary/aromatic N) is 1. The zero-order valence-electron chi connectivity index (χ0n) is 8.87. The van der Waals surface area contributed by atoms with Crippen molar-refractivity contribution < 1.29 is 28.7 Å². The molecule has 3 atom stereocenters. The van der Waals surface area contributed by atoms with Crippen LogP contribution in [0.25, 0.3) is 0 Å². The van der Waals surface area contributed by atoms with Crippen LogP contribution in [0.4, 0.5) is 0 Å². The first-order chi connectivity index (χ1) is 7.90. The number of epoxide rings is 3. The Morgan fingerprint density at radius 3 is 1.31 bits per heavy atom. The zero-order valence-corrected chi connectivity index (χ0v) is 8.87. The molecule has 0 bridgehead atoms. The molecule has 0 aromatic heterocycles. The van der Waals surface area contributed by atoms with Gasteiger partial charge in [0.2, 0.25) is 0 Å². The maximum Gasteiger partial charge on any atom is 0.106 e. The van der Waals surface area contributed by atoms with E-state index >= 15 is 0 Å². The van der Waals surface area contributed by atoms with Gasteiger partial charge in [0.15, 0.2) is 0 Å². The van der Waals surface area contributed by atoms with Crippen LogP contribution < -0.4 is 0 Å². The summed E-state index contributed by atoms with van der Waals surface area (Å²) in [6, 6.07) is 0. The van der Waals surface area contributed by atoms with Gasteiger partial charge in [-0.15, -0.1) is 0 Å². The van der Waals surface area contributed by atoms with Crippen LogP contribution in [0.5, 0.6) is 0 Å². The van der Waals surface area contributed by atoms with Gasteiger partial charge in [0.05, 0.1) is 25.2 Å². The summed E-state index contributed by atoms with van der Waals surface area (Å²) in [6.45, 7) is 3.55. The quantitative estimate of drug-likeness (QED) is 0.384. The van der Waals surface area contributed by atoms with Crippen molar-refractivity contribution in [1.29, 1.82) is 0 Å². The fraction of sp³-hybridized carbons (Fsp3) is 1.00. The van der Waals surface area contributed by atoms with Crippen molar-refractivity contribution >= 4 is 0 Å². The topological polar surface area (TPSA) is 68.5 Å². The Bertz CT molecular complexity index is 190. The molecular formula is C9H15NO6. The first-order valence-electron chi connectivity index (χ1n) is 5.44. The van der Waals surface area contributed by atoms with Crippen LogP contribution in [-0.2, 0) is 28.7 Å². The highest BCUT2D eigenvalue weighted by molar-refractivity contribution is 4.68. The maximum absolute atomic E-state index is 5.28. The van der Waals surface area contributed by atoms with Gasteiger partial charge < -0.3 is 14.2 Å².